The summed E-state index contributed by atoms with van der Waals surface area (Å²) in [5.41, 5.74) is 2.15. The highest BCUT2D eigenvalue weighted by Crippen LogP contribution is 2.23. The first-order valence-electron chi connectivity index (χ1n) is 7.39. The van der Waals surface area contributed by atoms with Crippen LogP contribution in [0.25, 0.3) is 6.08 Å². The van der Waals surface area contributed by atoms with E-state index in [1.54, 1.807) is 36.4 Å². The zero-order valence-electron chi connectivity index (χ0n) is 13.5. The molecule has 0 aliphatic heterocycles. The van der Waals surface area contributed by atoms with E-state index in [4.69, 9.17) is 10.00 Å². The van der Waals surface area contributed by atoms with E-state index in [9.17, 15) is 9.59 Å². The summed E-state index contributed by atoms with van der Waals surface area (Å²) in [6, 6.07) is 16.2. The zero-order valence-corrected chi connectivity index (χ0v) is 15.0. The van der Waals surface area contributed by atoms with Gasteiger partial charge in [-0.2, -0.15) is 5.26 Å². The number of nitrogens with one attached hydrogen (secondary N) is 1. The second-order valence-corrected chi connectivity index (χ2v) is 6.04. The smallest absolute Gasteiger partial charge is 0.349 e. The van der Waals surface area contributed by atoms with Crippen molar-refractivity contribution in [3.05, 3.63) is 69.7 Å². The Morgan fingerprint density at radius 1 is 1.24 bits per heavy atom. The zero-order chi connectivity index (χ0) is 18.2. The van der Waals surface area contributed by atoms with E-state index in [0.717, 1.165) is 10.0 Å². The first-order valence-corrected chi connectivity index (χ1v) is 8.19. The highest BCUT2D eigenvalue weighted by atomic mass is 79.9. The van der Waals surface area contributed by atoms with Crippen molar-refractivity contribution >= 4 is 39.6 Å². The van der Waals surface area contributed by atoms with Crippen LogP contribution in [0.2, 0.25) is 0 Å². The number of nitrogens with zero attached hydrogens (tertiary/aromatic N) is 1. The van der Waals surface area contributed by atoms with Gasteiger partial charge in [-0.1, -0.05) is 36.4 Å². The molecule has 2 rings (SSSR count). The lowest BCUT2D eigenvalue weighted by Crippen LogP contribution is -2.21. The van der Waals surface area contributed by atoms with Crippen LogP contribution in [0.5, 0.6) is 0 Å². The predicted octanol–water partition coefficient (Wildman–Crippen LogP) is 3.85. The van der Waals surface area contributed by atoms with Gasteiger partial charge in [-0.3, -0.25) is 4.79 Å². The molecule has 0 bridgehead atoms. The van der Waals surface area contributed by atoms with Crippen LogP contribution in [-0.4, -0.2) is 18.5 Å². The van der Waals surface area contributed by atoms with Crippen LogP contribution in [0.15, 0.2) is 58.6 Å². The lowest BCUT2D eigenvalue weighted by molar-refractivity contribution is -0.142. The van der Waals surface area contributed by atoms with Gasteiger partial charge < -0.3 is 10.1 Å². The predicted molar refractivity (Wildman–Crippen MR) is 98.5 cm³/mol. The maximum atomic E-state index is 11.9. The molecular formula is C19H15BrN2O3. The Morgan fingerprint density at radius 2 is 1.96 bits per heavy atom. The third-order valence-electron chi connectivity index (χ3n) is 3.18. The summed E-state index contributed by atoms with van der Waals surface area (Å²) in [4.78, 5) is 23.9. The Kier molecular flexibility index (Phi) is 6.49. The van der Waals surface area contributed by atoms with Gasteiger partial charge in [-0.15, -0.1) is 0 Å². The molecule has 1 amide bonds. The number of anilines is 1. The minimum atomic E-state index is -0.843. The molecule has 0 saturated heterocycles. The quantitative estimate of drug-likeness (QED) is 0.471. The minimum absolute atomic E-state index is 0.171. The molecule has 1 N–H and O–H groups in total. The van der Waals surface area contributed by atoms with Crippen LogP contribution in [0.4, 0.5) is 5.69 Å². The summed E-state index contributed by atoms with van der Waals surface area (Å²) in [5, 5.41) is 11.7. The van der Waals surface area contributed by atoms with Crippen LogP contribution >= 0.6 is 15.9 Å². The van der Waals surface area contributed by atoms with E-state index in [-0.39, 0.29) is 5.57 Å². The van der Waals surface area contributed by atoms with Crippen molar-refractivity contribution in [2.75, 3.05) is 11.9 Å². The average Bonchev–Trinajstić information content (AvgIpc) is 2.61. The lowest BCUT2D eigenvalue weighted by atomic mass is 10.1. The number of rotatable bonds is 5. The van der Waals surface area contributed by atoms with Crippen molar-refractivity contribution in [3.63, 3.8) is 0 Å². The normalized spacial score (nSPS) is 10.7. The Labute approximate surface area is 154 Å². The molecule has 0 heterocycles. The summed E-state index contributed by atoms with van der Waals surface area (Å²) in [7, 11) is 0. The molecular weight excluding hydrogens is 384 g/mol. The topological polar surface area (TPSA) is 79.2 Å². The van der Waals surface area contributed by atoms with Crippen LogP contribution in [0.1, 0.15) is 11.1 Å². The van der Waals surface area contributed by atoms with Gasteiger partial charge in [-0.25, -0.2) is 4.79 Å². The first kappa shape index (κ1) is 18.4. The van der Waals surface area contributed by atoms with Gasteiger partial charge in [0, 0.05) is 4.47 Å². The van der Waals surface area contributed by atoms with Gasteiger partial charge >= 0.3 is 5.97 Å². The Morgan fingerprint density at radius 3 is 2.60 bits per heavy atom. The lowest BCUT2D eigenvalue weighted by Gasteiger charge is -2.08. The van der Waals surface area contributed by atoms with E-state index in [0.29, 0.717) is 11.3 Å². The highest BCUT2D eigenvalue weighted by Gasteiger charge is 2.14. The molecule has 0 aliphatic rings. The second-order valence-electron chi connectivity index (χ2n) is 5.19. The fourth-order valence-corrected chi connectivity index (χ4v) is 2.56. The number of esters is 1. The fourth-order valence-electron chi connectivity index (χ4n) is 1.97. The Hall–Kier alpha value is -2.91. The standard InChI is InChI=1S/C19H15BrN2O3/c1-13-7-8-17(16(20)9-13)22-18(23)12-25-19(24)15(11-21)10-14-5-3-2-4-6-14/h2-10H,12H2,1H3,(H,22,23)/b15-10+. The molecule has 0 unspecified atom stereocenters. The molecule has 0 aromatic heterocycles. The number of amides is 1. The molecule has 0 fully saturated rings. The largest absolute Gasteiger partial charge is 0.451 e. The SMILES string of the molecule is Cc1ccc(NC(=O)COC(=O)/C(C#N)=C/c2ccccc2)c(Br)c1. The molecule has 2 aromatic rings. The molecule has 6 heteroatoms. The van der Waals surface area contributed by atoms with Gasteiger partial charge in [0.2, 0.25) is 0 Å². The Bertz CT molecular complexity index is 855. The highest BCUT2D eigenvalue weighted by molar-refractivity contribution is 9.10. The summed E-state index contributed by atoms with van der Waals surface area (Å²) < 4.78 is 5.64. The maximum absolute atomic E-state index is 11.9. The van der Waals surface area contributed by atoms with Crippen molar-refractivity contribution in [2.24, 2.45) is 0 Å². The van der Waals surface area contributed by atoms with Gasteiger partial charge in [-0.05, 0) is 52.2 Å². The maximum Gasteiger partial charge on any atom is 0.349 e. The van der Waals surface area contributed by atoms with Crippen molar-refractivity contribution < 1.29 is 14.3 Å². The summed E-state index contributed by atoms with van der Waals surface area (Å²) in [5.74, 6) is -1.33. The fraction of sp³-hybridized carbons (Fsp3) is 0.105. The Balaban J connectivity index is 1.95. The third-order valence-corrected chi connectivity index (χ3v) is 3.84. The second kappa shape index (κ2) is 8.81. The van der Waals surface area contributed by atoms with Gasteiger partial charge in [0.25, 0.3) is 5.91 Å². The molecule has 0 atom stereocenters. The first-order chi connectivity index (χ1) is 12.0. The van der Waals surface area contributed by atoms with Crippen LogP contribution in [0.3, 0.4) is 0 Å². The summed E-state index contributed by atoms with van der Waals surface area (Å²) >= 11 is 3.35. The molecule has 0 spiro atoms. The number of aryl methyl sites for hydroxylation is 1. The molecule has 2 aromatic carbocycles. The summed E-state index contributed by atoms with van der Waals surface area (Å²) in [6.45, 7) is 1.45. The van der Waals surface area contributed by atoms with E-state index < -0.39 is 18.5 Å². The molecule has 0 saturated carbocycles. The number of carbonyl (C=O) groups is 2. The van der Waals surface area contributed by atoms with Gasteiger partial charge in [0.15, 0.2) is 6.61 Å². The van der Waals surface area contributed by atoms with Crippen LogP contribution < -0.4 is 5.32 Å². The van der Waals surface area contributed by atoms with Crippen LogP contribution in [0, 0.1) is 18.3 Å². The number of benzene rings is 2. The van der Waals surface area contributed by atoms with E-state index in [1.165, 1.54) is 6.08 Å². The molecule has 126 valence electrons. The minimum Gasteiger partial charge on any atom is -0.451 e. The van der Waals surface area contributed by atoms with Crippen molar-refractivity contribution in [2.45, 2.75) is 6.92 Å². The number of carbonyl (C=O) groups excluding carboxylic acids is 2. The van der Waals surface area contributed by atoms with E-state index >= 15 is 0 Å². The van der Waals surface area contributed by atoms with Gasteiger partial charge in [0.1, 0.15) is 11.6 Å². The van der Waals surface area contributed by atoms with Crippen molar-refractivity contribution in [1.29, 1.82) is 5.26 Å². The number of hydrogen-bond acceptors (Lipinski definition) is 4. The van der Waals surface area contributed by atoms with Crippen LogP contribution in [-0.2, 0) is 14.3 Å². The molecule has 25 heavy (non-hydrogen) atoms. The molecule has 0 radical (unpaired) electrons. The van der Waals surface area contributed by atoms with E-state index in [2.05, 4.69) is 21.2 Å². The molecule has 0 aliphatic carbocycles. The third kappa shape index (κ3) is 5.59. The number of hydrogen-bond donors (Lipinski definition) is 1. The average molecular weight is 399 g/mol. The van der Waals surface area contributed by atoms with Crippen molar-refractivity contribution in [1.82, 2.24) is 0 Å². The van der Waals surface area contributed by atoms with Crippen molar-refractivity contribution in [3.8, 4) is 6.07 Å². The number of nitriles is 1. The monoisotopic (exact) mass is 398 g/mol. The van der Waals surface area contributed by atoms with Gasteiger partial charge in [0.05, 0.1) is 5.69 Å². The van der Waals surface area contributed by atoms with E-state index in [1.807, 2.05) is 25.1 Å². The number of halogens is 1. The summed E-state index contributed by atoms with van der Waals surface area (Å²) in [6.07, 6.45) is 1.41. The molecule has 5 nitrogen and oxygen atoms in total. The number of ether oxygens (including phenoxy) is 1.